The van der Waals surface area contributed by atoms with Crippen molar-refractivity contribution in [3.63, 3.8) is 0 Å². The van der Waals surface area contributed by atoms with Crippen LogP contribution in [0, 0.1) is 5.92 Å². The highest BCUT2D eigenvalue weighted by molar-refractivity contribution is 7.10. The molecule has 1 aromatic rings. The van der Waals surface area contributed by atoms with Gasteiger partial charge in [0.05, 0.1) is 5.01 Å². The van der Waals surface area contributed by atoms with E-state index in [1.165, 1.54) is 11.3 Å². The maximum atomic E-state index is 12.0. The number of hydrogen-bond donors (Lipinski definition) is 2. The lowest BCUT2D eigenvalue weighted by atomic mass is 9.98. The van der Waals surface area contributed by atoms with Crippen molar-refractivity contribution >= 4 is 23.2 Å². The minimum atomic E-state index is -0.970. The summed E-state index contributed by atoms with van der Waals surface area (Å²) in [6.45, 7) is 6.08. The molecule has 1 aliphatic rings. The number of aromatic nitrogens is 1. The number of nitrogens with one attached hydrogen (secondary N) is 1. The summed E-state index contributed by atoms with van der Waals surface area (Å²) in [6, 6.07) is -0.785. The molecule has 0 aromatic carbocycles. The van der Waals surface area contributed by atoms with E-state index in [1.54, 1.807) is 5.38 Å². The number of carbonyl (C=O) groups is 2. The van der Waals surface area contributed by atoms with Gasteiger partial charge in [-0.15, -0.1) is 11.3 Å². The molecule has 2 N–H and O–H groups in total. The van der Waals surface area contributed by atoms with Crippen LogP contribution in [0.1, 0.15) is 49.1 Å². The molecule has 0 saturated heterocycles. The zero-order chi connectivity index (χ0) is 14.2. The van der Waals surface area contributed by atoms with Crippen LogP contribution in [-0.2, 0) is 10.2 Å². The lowest BCUT2D eigenvalue weighted by Crippen LogP contribution is -2.42. The molecule has 1 heterocycles. The molecule has 19 heavy (non-hydrogen) atoms. The fourth-order valence-electron chi connectivity index (χ4n) is 1.75. The quantitative estimate of drug-likeness (QED) is 0.885. The molecular weight excluding hydrogens is 264 g/mol. The van der Waals surface area contributed by atoms with Gasteiger partial charge >= 0.3 is 5.97 Å². The second-order valence-electron chi connectivity index (χ2n) is 5.91. The lowest BCUT2D eigenvalue weighted by molar-refractivity contribution is -0.139. The Kier molecular flexibility index (Phi) is 3.62. The van der Waals surface area contributed by atoms with Gasteiger partial charge in [-0.25, -0.2) is 9.78 Å². The van der Waals surface area contributed by atoms with Crippen LogP contribution >= 0.6 is 11.3 Å². The summed E-state index contributed by atoms with van der Waals surface area (Å²) in [5.41, 5.74) is 0.202. The van der Waals surface area contributed by atoms with Crippen molar-refractivity contribution in [2.24, 2.45) is 5.92 Å². The van der Waals surface area contributed by atoms with Gasteiger partial charge in [0.15, 0.2) is 0 Å². The third-order valence-electron chi connectivity index (χ3n) is 3.02. The molecule has 0 bridgehead atoms. The van der Waals surface area contributed by atoms with Crippen LogP contribution in [-0.4, -0.2) is 28.0 Å². The first-order valence-electron chi connectivity index (χ1n) is 6.28. The van der Waals surface area contributed by atoms with Crippen LogP contribution < -0.4 is 5.32 Å². The van der Waals surface area contributed by atoms with Crippen molar-refractivity contribution < 1.29 is 14.7 Å². The molecule has 0 aliphatic heterocycles. The summed E-state index contributed by atoms with van der Waals surface area (Å²) >= 11 is 1.42. The Balaban J connectivity index is 2.07. The number of hydrogen-bond acceptors (Lipinski definition) is 4. The predicted octanol–water partition coefficient (Wildman–Crippen LogP) is 2.03. The summed E-state index contributed by atoms with van der Waals surface area (Å²) in [5, 5.41) is 14.2. The van der Waals surface area contributed by atoms with Crippen LogP contribution in [0.25, 0.3) is 0 Å². The van der Waals surface area contributed by atoms with E-state index in [4.69, 9.17) is 5.11 Å². The Bertz CT molecular complexity index is 500. The minimum Gasteiger partial charge on any atom is -0.480 e. The summed E-state index contributed by atoms with van der Waals surface area (Å²) in [7, 11) is 0. The van der Waals surface area contributed by atoms with Gasteiger partial charge in [-0.05, 0) is 18.8 Å². The fraction of sp³-hybridized carbons (Fsp3) is 0.615. The Morgan fingerprint density at radius 3 is 2.53 bits per heavy atom. The molecule has 1 atom stereocenters. The first-order chi connectivity index (χ1) is 8.79. The summed E-state index contributed by atoms with van der Waals surface area (Å²) < 4.78 is 0. The number of nitrogens with zero attached hydrogens (tertiary/aromatic N) is 1. The van der Waals surface area contributed by atoms with Gasteiger partial charge in [0, 0.05) is 10.8 Å². The SMILES string of the molecule is CC(C)(C)c1nc(C(=O)NC(C(=O)O)C2CC2)cs1. The molecular formula is C13H18N2O3S. The number of carbonyl (C=O) groups excluding carboxylic acids is 1. The molecule has 5 nitrogen and oxygen atoms in total. The Morgan fingerprint density at radius 1 is 1.47 bits per heavy atom. The van der Waals surface area contributed by atoms with E-state index in [9.17, 15) is 9.59 Å². The number of carboxylic acids is 1. The van der Waals surface area contributed by atoms with Crippen LogP contribution in [0.5, 0.6) is 0 Å². The number of aliphatic carboxylic acids is 1. The van der Waals surface area contributed by atoms with E-state index >= 15 is 0 Å². The topological polar surface area (TPSA) is 79.3 Å². The zero-order valence-corrected chi connectivity index (χ0v) is 12.1. The highest BCUT2D eigenvalue weighted by atomic mass is 32.1. The third kappa shape index (κ3) is 3.32. The third-order valence-corrected chi connectivity index (χ3v) is 4.29. The smallest absolute Gasteiger partial charge is 0.326 e. The lowest BCUT2D eigenvalue weighted by Gasteiger charge is -2.14. The van der Waals surface area contributed by atoms with E-state index in [1.807, 2.05) is 20.8 Å². The second-order valence-corrected chi connectivity index (χ2v) is 6.77. The highest BCUT2D eigenvalue weighted by Gasteiger charge is 2.37. The van der Waals surface area contributed by atoms with Crippen LogP contribution in [0.15, 0.2) is 5.38 Å². The minimum absolute atomic E-state index is 0.0715. The maximum Gasteiger partial charge on any atom is 0.326 e. The Morgan fingerprint density at radius 2 is 2.11 bits per heavy atom. The summed E-state index contributed by atoms with van der Waals surface area (Å²) in [4.78, 5) is 27.4. The summed E-state index contributed by atoms with van der Waals surface area (Å²) in [6.07, 6.45) is 1.73. The van der Waals surface area contributed by atoms with Crippen molar-refractivity contribution in [3.8, 4) is 0 Å². The normalized spacial score (nSPS) is 17.0. The molecule has 1 fully saturated rings. The molecule has 1 unspecified atom stereocenters. The van der Waals surface area contributed by atoms with Crippen molar-refractivity contribution in [2.75, 3.05) is 0 Å². The van der Waals surface area contributed by atoms with Gasteiger partial charge < -0.3 is 10.4 Å². The molecule has 1 amide bonds. The van der Waals surface area contributed by atoms with E-state index in [0.717, 1.165) is 17.8 Å². The fourth-order valence-corrected chi connectivity index (χ4v) is 2.64. The van der Waals surface area contributed by atoms with Crippen molar-refractivity contribution in [3.05, 3.63) is 16.1 Å². The molecule has 6 heteroatoms. The van der Waals surface area contributed by atoms with Gasteiger partial charge in [-0.3, -0.25) is 4.79 Å². The van der Waals surface area contributed by atoms with Gasteiger partial charge in [0.25, 0.3) is 5.91 Å². The molecule has 1 aliphatic carbocycles. The van der Waals surface area contributed by atoms with Crippen molar-refractivity contribution in [1.29, 1.82) is 0 Å². The number of amides is 1. The highest BCUT2D eigenvalue weighted by Crippen LogP contribution is 2.33. The van der Waals surface area contributed by atoms with E-state index in [0.29, 0.717) is 5.69 Å². The Labute approximate surface area is 116 Å². The largest absolute Gasteiger partial charge is 0.480 e. The first-order valence-corrected chi connectivity index (χ1v) is 7.16. The van der Waals surface area contributed by atoms with E-state index in [-0.39, 0.29) is 11.3 Å². The molecule has 2 rings (SSSR count). The average molecular weight is 282 g/mol. The zero-order valence-electron chi connectivity index (χ0n) is 11.3. The van der Waals surface area contributed by atoms with Crippen LogP contribution in [0.4, 0.5) is 0 Å². The van der Waals surface area contributed by atoms with E-state index < -0.39 is 17.9 Å². The number of rotatable bonds is 4. The second kappa shape index (κ2) is 4.92. The number of thiazole rings is 1. The molecule has 1 saturated carbocycles. The average Bonchev–Trinajstić information content (AvgIpc) is 2.98. The predicted molar refractivity (Wildman–Crippen MR) is 72.4 cm³/mol. The van der Waals surface area contributed by atoms with E-state index in [2.05, 4.69) is 10.3 Å². The van der Waals surface area contributed by atoms with Crippen molar-refractivity contribution in [1.82, 2.24) is 10.3 Å². The molecule has 1 aromatic heterocycles. The molecule has 0 spiro atoms. The van der Waals surface area contributed by atoms with Gasteiger partial charge in [0.2, 0.25) is 0 Å². The van der Waals surface area contributed by atoms with Gasteiger partial charge in [-0.2, -0.15) is 0 Å². The standard InChI is InChI=1S/C13H18N2O3S/c1-13(2,3)12-14-8(6-19-12)10(16)15-9(11(17)18)7-4-5-7/h6-7,9H,4-5H2,1-3H3,(H,15,16)(H,17,18). The van der Waals surface area contributed by atoms with Crippen LogP contribution in [0.3, 0.4) is 0 Å². The summed E-state index contributed by atoms with van der Waals surface area (Å²) in [5.74, 6) is -1.30. The number of carboxylic acid groups (broad SMARTS) is 1. The molecule has 0 radical (unpaired) electrons. The monoisotopic (exact) mass is 282 g/mol. The maximum absolute atomic E-state index is 12.0. The van der Waals surface area contributed by atoms with Gasteiger partial charge in [-0.1, -0.05) is 20.8 Å². The Hall–Kier alpha value is -1.43. The molecule has 104 valence electrons. The first kappa shape index (κ1) is 14.0. The van der Waals surface area contributed by atoms with Crippen molar-refractivity contribution in [2.45, 2.75) is 45.1 Å². The van der Waals surface area contributed by atoms with Gasteiger partial charge in [0.1, 0.15) is 11.7 Å². The van der Waals surface area contributed by atoms with Crippen LogP contribution in [0.2, 0.25) is 0 Å².